The molecule has 3 rings (SSSR count). The SMILES string of the molecule is COc1ccc(N(c2ccc(OC)cc2OC)c2c(F)cc(Br)cc2F)c(OC)c1. The minimum absolute atomic E-state index is 0.282. The van der Waals surface area contributed by atoms with Crippen LogP contribution in [0.15, 0.2) is 53.0 Å². The van der Waals surface area contributed by atoms with E-state index < -0.39 is 11.6 Å². The van der Waals surface area contributed by atoms with Crippen LogP contribution >= 0.6 is 15.9 Å². The maximum atomic E-state index is 15.1. The second-order valence-corrected chi connectivity index (χ2v) is 7.04. The molecule has 0 aliphatic carbocycles. The number of hydrogen-bond acceptors (Lipinski definition) is 5. The lowest BCUT2D eigenvalue weighted by molar-refractivity contribution is 0.393. The second kappa shape index (κ2) is 9.21. The molecule has 5 nitrogen and oxygen atoms in total. The summed E-state index contributed by atoms with van der Waals surface area (Å²) in [4.78, 5) is 1.40. The van der Waals surface area contributed by atoms with Gasteiger partial charge in [0, 0.05) is 16.6 Å². The fourth-order valence-electron chi connectivity index (χ4n) is 3.06. The summed E-state index contributed by atoms with van der Waals surface area (Å²) in [5.41, 5.74) is 0.494. The van der Waals surface area contributed by atoms with E-state index in [9.17, 15) is 0 Å². The summed E-state index contributed by atoms with van der Waals surface area (Å²) in [6.07, 6.45) is 0. The van der Waals surface area contributed by atoms with Gasteiger partial charge in [-0.05, 0) is 36.4 Å². The van der Waals surface area contributed by atoms with Gasteiger partial charge in [-0.1, -0.05) is 15.9 Å². The van der Waals surface area contributed by atoms with E-state index in [1.807, 2.05) is 0 Å². The lowest BCUT2D eigenvalue weighted by Crippen LogP contribution is -2.16. The molecule has 0 amide bonds. The van der Waals surface area contributed by atoms with Crippen LogP contribution in [0.25, 0.3) is 0 Å². The molecule has 3 aromatic carbocycles. The van der Waals surface area contributed by atoms with E-state index in [1.165, 1.54) is 45.5 Å². The summed E-state index contributed by atoms with van der Waals surface area (Å²) in [5.74, 6) is 0.251. The van der Waals surface area contributed by atoms with E-state index in [4.69, 9.17) is 18.9 Å². The zero-order chi connectivity index (χ0) is 21.8. The Morgan fingerprint density at radius 3 is 1.47 bits per heavy atom. The molecule has 0 unspecified atom stereocenters. The fourth-order valence-corrected chi connectivity index (χ4v) is 3.46. The molecule has 0 saturated carbocycles. The standard InChI is InChI=1S/C22H20BrF2NO4/c1-27-14-5-7-18(20(11-14)29-3)26(22-16(24)9-13(23)10-17(22)25)19-8-6-15(28-2)12-21(19)30-4/h5-12H,1-4H3. The molecule has 0 N–H and O–H groups in total. The maximum absolute atomic E-state index is 15.1. The second-order valence-electron chi connectivity index (χ2n) is 6.13. The fraction of sp³-hybridized carbons (Fsp3) is 0.182. The number of nitrogens with zero attached hydrogens (tertiary/aromatic N) is 1. The molecular formula is C22H20BrF2NO4. The van der Waals surface area contributed by atoms with Crippen molar-refractivity contribution >= 4 is 33.0 Å². The summed E-state index contributed by atoms with van der Waals surface area (Å²) in [6.45, 7) is 0. The third-order valence-corrected chi connectivity index (χ3v) is 4.92. The highest BCUT2D eigenvalue weighted by molar-refractivity contribution is 9.10. The predicted molar refractivity (Wildman–Crippen MR) is 115 cm³/mol. The summed E-state index contributed by atoms with van der Waals surface area (Å²) >= 11 is 3.12. The number of anilines is 3. The summed E-state index contributed by atoms with van der Waals surface area (Å²) in [7, 11) is 5.98. The number of benzene rings is 3. The molecule has 0 bridgehead atoms. The zero-order valence-electron chi connectivity index (χ0n) is 16.8. The number of halogens is 3. The van der Waals surface area contributed by atoms with Crippen molar-refractivity contribution in [1.29, 1.82) is 0 Å². The van der Waals surface area contributed by atoms with Crippen LogP contribution in [-0.2, 0) is 0 Å². The minimum atomic E-state index is -0.766. The molecule has 0 spiro atoms. The third kappa shape index (κ3) is 4.14. The molecule has 8 heteroatoms. The van der Waals surface area contributed by atoms with E-state index in [0.29, 0.717) is 34.4 Å². The Kier molecular flexibility index (Phi) is 6.66. The zero-order valence-corrected chi connectivity index (χ0v) is 18.4. The minimum Gasteiger partial charge on any atom is -0.497 e. The van der Waals surface area contributed by atoms with Crippen LogP contribution in [-0.4, -0.2) is 28.4 Å². The van der Waals surface area contributed by atoms with Crippen LogP contribution in [0.5, 0.6) is 23.0 Å². The van der Waals surface area contributed by atoms with E-state index in [-0.39, 0.29) is 10.2 Å². The van der Waals surface area contributed by atoms with Crippen molar-refractivity contribution in [2.75, 3.05) is 33.3 Å². The Balaban J connectivity index is 2.35. The van der Waals surface area contributed by atoms with Crippen molar-refractivity contribution in [3.05, 3.63) is 64.6 Å². The lowest BCUT2D eigenvalue weighted by atomic mass is 10.1. The Labute approximate surface area is 181 Å². The molecule has 30 heavy (non-hydrogen) atoms. The van der Waals surface area contributed by atoms with Crippen LogP contribution in [0, 0.1) is 11.6 Å². The van der Waals surface area contributed by atoms with Crippen LogP contribution in [0.2, 0.25) is 0 Å². The van der Waals surface area contributed by atoms with Gasteiger partial charge in [-0.15, -0.1) is 0 Å². The Morgan fingerprint density at radius 2 is 1.10 bits per heavy atom. The number of methoxy groups -OCH3 is 4. The van der Waals surface area contributed by atoms with Gasteiger partial charge in [0.15, 0.2) is 11.6 Å². The Morgan fingerprint density at radius 1 is 0.667 bits per heavy atom. The molecule has 0 aliphatic rings. The van der Waals surface area contributed by atoms with Crippen LogP contribution < -0.4 is 23.8 Å². The van der Waals surface area contributed by atoms with Crippen molar-refractivity contribution in [3.8, 4) is 23.0 Å². The molecular weight excluding hydrogens is 460 g/mol. The first-order chi connectivity index (χ1) is 14.4. The predicted octanol–water partition coefficient (Wildman–Crippen LogP) is 6.23. The summed E-state index contributed by atoms with van der Waals surface area (Å²) in [5, 5.41) is 0. The van der Waals surface area contributed by atoms with E-state index >= 15 is 8.78 Å². The Hall–Kier alpha value is -3.00. The van der Waals surface area contributed by atoms with Crippen molar-refractivity contribution in [2.24, 2.45) is 0 Å². The van der Waals surface area contributed by atoms with Gasteiger partial charge in [0.2, 0.25) is 0 Å². The van der Waals surface area contributed by atoms with Crippen molar-refractivity contribution in [2.45, 2.75) is 0 Å². The molecule has 0 heterocycles. The quantitative estimate of drug-likeness (QED) is 0.401. The average Bonchev–Trinajstić information content (AvgIpc) is 2.75. The highest BCUT2D eigenvalue weighted by Gasteiger charge is 2.27. The molecule has 3 aromatic rings. The van der Waals surface area contributed by atoms with E-state index in [1.54, 1.807) is 36.4 Å². The summed E-state index contributed by atoms with van der Waals surface area (Å²) in [6, 6.07) is 12.3. The summed E-state index contributed by atoms with van der Waals surface area (Å²) < 4.78 is 51.9. The molecule has 0 saturated heterocycles. The van der Waals surface area contributed by atoms with Crippen molar-refractivity contribution in [3.63, 3.8) is 0 Å². The third-order valence-electron chi connectivity index (χ3n) is 4.46. The van der Waals surface area contributed by atoms with Gasteiger partial charge in [0.25, 0.3) is 0 Å². The largest absolute Gasteiger partial charge is 0.497 e. The normalized spacial score (nSPS) is 10.5. The number of hydrogen-bond donors (Lipinski definition) is 0. The first-order valence-electron chi connectivity index (χ1n) is 8.82. The molecule has 0 fully saturated rings. The van der Waals surface area contributed by atoms with Gasteiger partial charge in [-0.25, -0.2) is 8.78 Å². The molecule has 0 aliphatic heterocycles. The van der Waals surface area contributed by atoms with Gasteiger partial charge < -0.3 is 18.9 Å². The van der Waals surface area contributed by atoms with Crippen LogP contribution in [0.3, 0.4) is 0 Å². The first-order valence-corrected chi connectivity index (χ1v) is 9.61. The van der Waals surface area contributed by atoms with Gasteiger partial charge >= 0.3 is 0 Å². The van der Waals surface area contributed by atoms with Crippen molar-refractivity contribution < 1.29 is 27.7 Å². The van der Waals surface area contributed by atoms with Crippen LogP contribution in [0.4, 0.5) is 25.8 Å². The van der Waals surface area contributed by atoms with Gasteiger partial charge in [-0.2, -0.15) is 0 Å². The van der Waals surface area contributed by atoms with E-state index in [0.717, 1.165) is 0 Å². The first kappa shape index (κ1) is 21.7. The average molecular weight is 480 g/mol. The maximum Gasteiger partial charge on any atom is 0.151 e. The smallest absolute Gasteiger partial charge is 0.151 e. The van der Waals surface area contributed by atoms with E-state index in [2.05, 4.69) is 15.9 Å². The van der Waals surface area contributed by atoms with Gasteiger partial charge in [-0.3, -0.25) is 4.90 Å². The molecule has 0 atom stereocenters. The van der Waals surface area contributed by atoms with Crippen LogP contribution in [0.1, 0.15) is 0 Å². The van der Waals surface area contributed by atoms with Gasteiger partial charge in [0.05, 0.1) is 39.8 Å². The highest BCUT2D eigenvalue weighted by atomic mass is 79.9. The topological polar surface area (TPSA) is 40.2 Å². The number of rotatable bonds is 7. The molecule has 0 radical (unpaired) electrons. The lowest BCUT2D eigenvalue weighted by Gasteiger charge is -2.29. The van der Waals surface area contributed by atoms with Gasteiger partial charge in [0.1, 0.15) is 28.7 Å². The number of ether oxygens (including phenoxy) is 4. The Bertz CT molecular complexity index is 983. The molecule has 158 valence electrons. The van der Waals surface area contributed by atoms with Crippen molar-refractivity contribution in [1.82, 2.24) is 0 Å². The molecule has 0 aromatic heterocycles. The highest BCUT2D eigenvalue weighted by Crippen LogP contribution is 2.47. The monoisotopic (exact) mass is 479 g/mol.